The summed E-state index contributed by atoms with van der Waals surface area (Å²) in [5, 5.41) is 3.21. The van der Waals surface area contributed by atoms with Gasteiger partial charge in [-0.1, -0.05) is 30.7 Å². The quantitative estimate of drug-likeness (QED) is 0.852. The maximum absolute atomic E-state index is 11.7. The summed E-state index contributed by atoms with van der Waals surface area (Å²) in [5.74, 6) is 1.31. The standard InChI is InChI=1S/C15H14ClNO2/c1-2-11-7-8-12(19-11)9-10-15(18)17-14-6-4-3-5-13(14)16/h3-10H,2H2,1H3,(H,17,18). The summed E-state index contributed by atoms with van der Waals surface area (Å²) in [7, 11) is 0. The van der Waals surface area contributed by atoms with Crippen LogP contribution >= 0.6 is 11.6 Å². The molecule has 0 spiro atoms. The molecule has 0 fully saturated rings. The molecule has 0 saturated carbocycles. The van der Waals surface area contributed by atoms with Gasteiger partial charge in [0.2, 0.25) is 5.91 Å². The Hall–Kier alpha value is -2.00. The zero-order valence-corrected chi connectivity index (χ0v) is 11.3. The van der Waals surface area contributed by atoms with Crippen molar-refractivity contribution >= 4 is 29.3 Å². The van der Waals surface area contributed by atoms with Gasteiger partial charge >= 0.3 is 0 Å². The lowest BCUT2D eigenvalue weighted by Crippen LogP contribution is -2.07. The summed E-state index contributed by atoms with van der Waals surface area (Å²) >= 11 is 5.95. The minimum absolute atomic E-state index is 0.248. The SMILES string of the molecule is CCc1ccc(C=CC(=O)Nc2ccccc2Cl)o1. The Labute approximate surface area is 116 Å². The molecule has 0 aliphatic heterocycles. The third-order valence-corrected chi connectivity index (χ3v) is 2.89. The van der Waals surface area contributed by atoms with Crippen LogP contribution in [-0.4, -0.2) is 5.91 Å². The number of benzene rings is 1. The molecule has 0 atom stereocenters. The largest absolute Gasteiger partial charge is 0.462 e. The highest BCUT2D eigenvalue weighted by Gasteiger charge is 2.02. The van der Waals surface area contributed by atoms with Crippen LogP contribution in [-0.2, 0) is 11.2 Å². The number of carbonyl (C=O) groups is 1. The van der Waals surface area contributed by atoms with Gasteiger partial charge in [-0.25, -0.2) is 0 Å². The molecule has 98 valence electrons. The molecule has 1 heterocycles. The van der Waals surface area contributed by atoms with Crippen molar-refractivity contribution in [2.75, 3.05) is 5.32 Å². The predicted octanol–water partition coefficient (Wildman–Crippen LogP) is 4.15. The van der Waals surface area contributed by atoms with Gasteiger partial charge in [0.05, 0.1) is 10.7 Å². The number of nitrogens with one attached hydrogen (secondary N) is 1. The second kappa shape index (κ2) is 6.25. The van der Waals surface area contributed by atoms with Gasteiger partial charge in [-0.3, -0.25) is 4.79 Å². The van der Waals surface area contributed by atoms with Crippen LogP contribution in [0.5, 0.6) is 0 Å². The molecule has 19 heavy (non-hydrogen) atoms. The van der Waals surface area contributed by atoms with E-state index in [9.17, 15) is 4.79 Å². The van der Waals surface area contributed by atoms with Crippen molar-refractivity contribution in [3.63, 3.8) is 0 Å². The molecule has 3 nitrogen and oxygen atoms in total. The fraction of sp³-hybridized carbons (Fsp3) is 0.133. The Bertz CT molecular complexity index is 602. The number of hydrogen-bond acceptors (Lipinski definition) is 2. The Morgan fingerprint density at radius 3 is 2.79 bits per heavy atom. The van der Waals surface area contributed by atoms with Crippen molar-refractivity contribution in [1.82, 2.24) is 0 Å². The monoisotopic (exact) mass is 275 g/mol. The van der Waals surface area contributed by atoms with Gasteiger partial charge in [-0.2, -0.15) is 0 Å². The number of hydrogen-bond donors (Lipinski definition) is 1. The number of carbonyl (C=O) groups excluding carboxylic acids is 1. The average molecular weight is 276 g/mol. The zero-order chi connectivity index (χ0) is 13.7. The maximum Gasteiger partial charge on any atom is 0.248 e. The molecule has 0 aliphatic carbocycles. The van der Waals surface area contributed by atoms with Crippen molar-refractivity contribution in [2.45, 2.75) is 13.3 Å². The van der Waals surface area contributed by atoms with Crippen LogP contribution in [0.25, 0.3) is 6.08 Å². The number of anilines is 1. The molecule has 1 N–H and O–H groups in total. The fourth-order valence-corrected chi connectivity index (χ4v) is 1.75. The number of furan rings is 1. The second-order valence-electron chi connectivity index (χ2n) is 3.96. The number of halogens is 1. The van der Waals surface area contributed by atoms with E-state index < -0.39 is 0 Å². The van der Waals surface area contributed by atoms with E-state index >= 15 is 0 Å². The number of para-hydroxylation sites is 1. The van der Waals surface area contributed by atoms with Crippen LogP contribution in [0.4, 0.5) is 5.69 Å². The van der Waals surface area contributed by atoms with Crippen LogP contribution in [0.3, 0.4) is 0 Å². The van der Waals surface area contributed by atoms with Gasteiger partial charge < -0.3 is 9.73 Å². The smallest absolute Gasteiger partial charge is 0.248 e. The van der Waals surface area contributed by atoms with Crippen molar-refractivity contribution in [3.05, 3.63) is 59.0 Å². The lowest BCUT2D eigenvalue weighted by molar-refractivity contribution is -0.111. The van der Waals surface area contributed by atoms with Crippen LogP contribution in [0.15, 0.2) is 46.9 Å². The Morgan fingerprint density at radius 1 is 1.32 bits per heavy atom. The third-order valence-electron chi connectivity index (χ3n) is 2.56. The Kier molecular flexibility index (Phi) is 4.42. The first-order valence-corrected chi connectivity index (χ1v) is 6.39. The summed E-state index contributed by atoms with van der Waals surface area (Å²) in [6.07, 6.45) is 3.88. The molecule has 0 unspecified atom stereocenters. The molecule has 2 aromatic rings. The van der Waals surface area contributed by atoms with Gasteiger partial charge in [-0.05, 0) is 30.3 Å². The summed E-state index contributed by atoms with van der Waals surface area (Å²) in [4.78, 5) is 11.7. The fourth-order valence-electron chi connectivity index (χ4n) is 1.57. The van der Waals surface area contributed by atoms with E-state index in [-0.39, 0.29) is 5.91 Å². The van der Waals surface area contributed by atoms with Crippen LogP contribution in [0.1, 0.15) is 18.4 Å². The predicted molar refractivity (Wildman–Crippen MR) is 77.2 cm³/mol. The van der Waals surface area contributed by atoms with Gasteiger partial charge in [-0.15, -0.1) is 0 Å². The minimum atomic E-state index is -0.248. The van der Waals surface area contributed by atoms with E-state index in [4.69, 9.17) is 16.0 Å². The lowest BCUT2D eigenvalue weighted by atomic mass is 10.3. The first kappa shape index (κ1) is 13.4. The summed E-state index contributed by atoms with van der Waals surface area (Å²) in [6.45, 7) is 2.01. The summed E-state index contributed by atoms with van der Waals surface area (Å²) in [6, 6.07) is 10.8. The van der Waals surface area contributed by atoms with E-state index in [2.05, 4.69) is 5.32 Å². The highest BCUT2D eigenvalue weighted by molar-refractivity contribution is 6.33. The van der Waals surface area contributed by atoms with E-state index in [1.54, 1.807) is 18.2 Å². The van der Waals surface area contributed by atoms with E-state index in [0.717, 1.165) is 12.2 Å². The molecule has 0 radical (unpaired) electrons. The maximum atomic E-state index is 11.7. The molecule has 0 bridgehead atoms. The number of aryl methyl sites for hydroxylation is 1. The molecule has 1 aromatic heterocycles. The van der Waals surface area contributed by atoms with Crippen molar-refractivity contribution < 1.29 is 9.21 Å². The molecule has 0 saturated heterocycles. The van der Waals surface area contributed by atoms with Gasteiger partial charge in [0, 0.05) is 12.5 Å². The Morgan fingerprint density at radius 2 is 2.11 bits per heavy atom. The van der Waals surface area contributed by atoms with Crippen molar-refractivity contribution in [1.29, 1.82) is 0 Å². The van der Waals surface area contributed by atoms with Crippen LogP contribution < -0.4 is 5.32 Å². The highest BCUT2D eigenvalue weighted by Crippen LogP contribution is 2.20. The van der Waals surface area contributed by atoms with Crippen molar-refractivity contribution in [2.24, 2.45) is 0 Å². The normalized spacial score (nSPS) is 10.8. The lowest BCUT2D eigenvalue weighted by Gasteiger charge is -2.03. The molecular weight excluding hydrogens is 262 g/mol. The van der Waals surface area contributed by atoms with Gasteiger partial charge in [0.1, 0.15) is 11.5 Å². The van der Waals surface area contributed by atoms with Crippen LogP contribution in [0, 0.1) is 0 Å². The first-order chi connectivity index (χ1) is 9.19. The second-order valence-corrected chi connectivity index (χ2v) is 4.37. The number of rotatable bonds is 4. The van der Waals surface area contributed by atoms with Gasteiger partial charge in [0.25, 0.3) is 0 Å². The summed E-state index contributed by atoms with van der Waals surface area (Å²) < 4.78 is 5.46. The topological polar surface area (TPSA) is 42.2 Å². The number of amides is 1. The summed E-state index contributed by atoms with van der Waals surface area (Å²) in [5.41, 5.74) is 0.590. The molecule has 4 heteroatoms. The van der Waals surface area contributed by atoms with E-state index in [1.165, 1.54) is 6.08 Å². The third kappa shape index (κ3) is 3.73. The van der Waals surface area contributed by atoms with Crippen LogP contribution in [0.2, 0.25) is 5.02 Å². The molecule has 1 aromatic carbocycles. The van der Waals surface area contributed by atoms with E-state index in [0.29, 0.717) is 16.5 Å². The Balaban J connectivity index is 1.99. The first-order valence-electron chi connectivity index (χ1n) is 6.01. The van der Waals surface area contributed by atoms with Crippen molar-refractivity contribution in [3.8, 4) is 0 Å². The molecular formula is C15H14ClNO2. The minimum Gasteiger partial charge on any atom is -0.462 e. The molecule has 1 amide bonds. The van der Waals surface area contributed by atoms with Gasteiger partial charge in [0.15, 0.2) is 0 Å². The zero-order valence-electron chi connectivity index (χ0n) is 10.5. The average Bonchev–Trinajstić information content (AvgIpc) is 2.87. The van der Waals surface area contributed by atoms with E-state index in [1.807, 2.05) is 31.2 Å². The highest BCUT2D eigenvalue weighted by atomic mass is 35.5. The molecule has 0 aliphatic rings. The molecule has 2 rings (SSSR count).